The molecular weight excluding hydrogens is 266 g/mol. The lowest BCUT2D eigenvalue weighted by Crippen LogP contribution is -2.06. The molecule has 0 radical (unpaired) electrons. The van der Waals surface area contributed by atoms with Crippen LogP contribution >= 0.6 is 0 Å². The Hall–Kier alpha value is -2.82. The van der Waals surface area contributed by atoms with E-state index in [-0.39, 0.29) is 11.8 Å². The molecule has 1 heterocycles. The molecule has 0 saturated heterocycles. The zero-order valence-electron chi connectivity index (χ0n) is 11.5. The molecule has 21 heavy (non-hydrogen) atoms. The molecule has 1 unspecified atom stereocenters. The van der Waals surface area contributed by atoms with Crippen molar-refractivity contribution in [2.75, 3.05) is 5.32 Å². The summed E-state index contributed by atoms with van der Waals surface area (Å²) >= 11 is 0. The molecule has 2 N–H and O–H groups in total. The summed E-state index contributed by atoms with van der Waals surface area (Å²) in [5.74, 6) is 0.774. The van der Waals surface area contributed by atoms with Crippen molar-refractivity contribution in [3.8, 4) is 17.2 Å². The molecule has 1 aromatic heterocycles. The molecule has 0 saturated carbocycles. The summed E-state index contributed by atoms with van der Waals surface area (Å²) in [6.45, 7) is 2.04. The van der Waals surface area contributed by atoms with E-state index in [9.17, 15) is 5.11 Å². The number of nitrogens with one attached hydrogen (secondary N) is 1. The van der Waals surface area contributed by atoms with E-state index in [1.54, 1.807) is 12.1 Å². The minimum Gasteiger partial charge on any atom is -0.508 e. The van der Waals surface area contributed by atoms with Crippen LogP contribution in [0.5, 0.6) is 5.75 Å². The summed E-state index contributed by atoms with van der Waals surface area (Å²) < 4.78 is 5.15. The van der Waals surface area contributed by atoms with Gasteiger partial charge in [0.2, 0.25) is 12.3 Å². The van der Waals surface area contributed by atoms with Crippen LogP contribution in [0.4, 0.5) is 5.69 Å². The number of aromatic hydroxyl groups is 1. The van der Waals surface area contributed by atoms with Crippen LogP contribution in [-0.2, 0) is 0 Å². The van der Waals surface area contributed by atoms with Gasteiger partial charge in [-0.05, 0) is 48.9 Å². The Bertz CT molecular complexity index is 709. The third-order valence-electron chi connectivity index (χ3n) is 3.25. The second-order valence-corrected chi connectivity index (χ2v) is 4.78. The number of nitrogens with zero attached hydrogens (tertiary/aromatic N) is 2. The molecule has 3 aromatic rings. The Balaban J connectivity index is 1.73. The smallest absolute Gasteiger partial charge is 0.247 e. The molecule has 0 bridgehead atoms. The Morgan fingerprint density at radius 2 is 1.95 bits per heavy atom. The minimum atomic E-state index is 0.0892. The highest BCUT2D eigenvalue weighted by atomic mass is 16.4. The lowest BCUT2D eigenvalue weighted by atomic mass is 10.1. The average molecular weight is 281 g/mol. The molecule has 5 nitrogen and oxygen atoms in total. The summed E-state index contributed by atoms with van der Waals surface area (Å²) in [6.07, 6.45) is 1.31. The lowest BCUT2D eigenvalue weighted by Gasteiger charge is -2.16. The number of hydrogen-bond donors (Lipinski definition) is 2. The fraction of sp³-hybridized carbons (Fsp3) is 0.125. The van der Waals surface area contributed by atoms with Crippen LogP contribution in [0.15, 0.2) is 59.3 Å². The predicted molar refractivity (Wildman–Crippen MR) is 79.9 cm³/mol. The van der Waals surface area contributed by atoms with Crippen molar-refractivity contribution < 1.29 is 9.52 Å². The van der Waals surface area contributed by atoms with Crippen molar-refractivity contribution in [1.82, 2.24) is 10.2 Å². The molecule has 0 aliphatic heterocycles. The number of benzene rings is 2. The highest BCUT2D eigenvalue weighted by Gasteiger charge is 2.07. The van der Waals surface area contributed by atoms with E-state index in [0.717, 1.165) is 16.8 Å². The zero-order valence-corrected chi connectivity index (χ0v) is 11.5. The predicted octanol–water partition coefficient (Wildman–Crippen LogP) is 3.62. The van der Waals surface area contributed by atoms with Gasteiger partial charge in [0.05, 0.1) is 0 Å². The van der Waals surface area contributed by atoms with Crippen LogP contribution in [0.25, 0.3) is 11.5 Å². The van der Waals surface area contributed by atoms with Gasteiger partial charge in [-0.3, -0.25) is 0 Å². The largest absolute Gasteiger partial charge is 0.508 e. The molecule has 0 spiro atoms. The fourth-order valence-electron chi connectivity index (χ4n) is 2.14. The van der Waals surface area contributed by atoms with Gasteiger partial charge in [-0.25, -0.2) is 0 Å². The highest BCUT2D eigenvalue weighted by Crippen LogP contribution is 2.24. The Labute approximate surface area is 122 Å². The number of aromatic nitrogens is 2. The second kappa shape index (κ2) is 5.66. The molecule has 0 amide bonds. The van der Waals surface area contributed by atoms with Crippen LogP contribution in [0.3, 0.4) is 0 Å². The van der Waals surface area contributed by atoms with E-state index in [4.69, 9.17) is 4.42 Å². The third-order valence-corrected chi connectivity index (χ3v) is 3.25. The molecule has 1 atom stereocenters. The summed E-state index contributed by atoms with van der Waals surface area (Å²) in [5.41, 5.74) is 2.88. The van der Waals surface area contributed by atoms with E-state index in [2.05, 4.69) is 15.5 Å². The van der Waals surface area contributed by atoms with E-state index in [1.165, 1.54) is 6.39 Å². The van der Waals surface area contributed by atoms with Crippen molar-refractivity contribution in [2.45, 2.75) is 13.0 Å². The first kappa shape index (κ1) is 13.2. The van der Waals surface area contributed by atoms with Gasteiger partial charge in [-0.2, -0.15) is 0 Å². The van der Waals surface area contributed by atoms with E-state index in [0.29, 0.717) is 5.89 Å². The first-order chi connectivity index (χ1) is 10.2. The Kier molecular flexibility index (Phi) is 3.55. The van der Waals surface area contributed by atoms with Gasteiger partial charge in [-0.1, -0.05) is 12.1 Å². The molecule has 106 valence electrons. The standard InChI is InChI=1S/C16H15N3O2/c1-11(13-3-2-4-15(20)9-13)18-14-7-5-12(6-8-14)16-19-17-10-21-16/h2-11,18,20H,1H3. The number of anilines is 1. The van der Waals surface area contributed by atoms with Crippen LogP contribution in [-0.4, -0.2) is 15.3 Å². The molecule has 2 aromatic carbocycles. The third kappa shape index (κ3) is 3.02. The number of hydrogen-bond acceptors (Lipinski definition) is 5. The maximum atomic E-state index is 9.52. The monoisotopic (exact) mass is 281 g/mol. The maximum absolute atomic E-state index is 9.52. The molecule has 0 fully saturated rings. The van der Waals surface area contributed by atoms with E-state index < -0.39 is 0 Å². The summed E-state index contributed by atoms with van der Waals surface area (Å²) in [5, 5.41) is 20.4. The Morgan fingerprint density at radius 3 is 2.62 bits per heavy atom. The molecule has 0 aliphatic rings. The normalized spacial score (nSPS) is 12.0. The van der Waals surface area contributed by atoms with Gasteiger partial charge < -0.3 is 14.8 Å². The maximum Gasteiger partial charge on any atom is 0.247 e. The number of phenols is 1. The van der Waals surface area contributed by atoms with Gasteiger partial charge in [0.25, 0.3) is 0 Å². The topological polar surface area (TPSA) is 71.2 Å². The lowest BCUT2D eigenvalue weighted by molar-refractivity contribution is 0.474. The second-order valence-electron chi connectivity index (χ2n) is 4.78. The fourth-order valence-corrected chi connectivity index (χ4v) is 2.14. The van der Waals surface area contributed by atoms with Crippen molar-refractivity contribution in [3.05, 3.63) is 60.5 Å². The van der Waals surface area contributed by atoms with Crippen molar-refractivity contribution in [3.63, 3.8) is 0 Å². The van der Waals surface area contributed by atoms with Crippen LogP contribution < -0.4 is 5.32 Å². The molecule has 5 heteroatoms. The van der Waals surface area contributed by atoms with Crippen LogP contribution in [0.1, 0.15) is 18.5 Å². The van der Waals surface area contributed by atoms with Crippen molar-refractivity contribution in [1.29, 1.82) is 0 Å². The van der Waals surface area contributed by atoms with E-state index >= 15 is 0 Å². The van der Waals surface area contributed by atoms with E-state index in [1.807, 2.05) is 43.3 Å². The molecule has 0 aliphatic carbocycles. The minimum absolute atomic E-state index is 0.0892. The Morgan fingerprint density at radius 1 is 1.14 bits per heavy atom. The summed E-state index contributed by atoms with van der Waals surface area (Å²) in [6, 6.07) is 15.1. The highest BCUT2D eigenvalue weighted by molar-refractivity contribution is 5.58. The quantitative estimate of drug-likeness (QED) is 0.764. The van der Waals surface area contributed by atoms with Crippen LogP contribution in [0, 0.1) is 0 Å². The summed E-state index contributed by atoms with van der Waals surface area (Å²) in [4.78, 5) is 0. The average Bonchev–Trinajstić information content (AvgIpc) is 3.02. The molecular formula is C16H15N3O2. The zero-order chi connectivity index (χ0) is 14.7. The van der Waals surface area contributed by atoms with Gasteiger partial charge >= 0.3 is 0 Å². The van der Waals surface area contributed by atoms with Gasteiger partial charge in [0.15, 0.2) is 0 Å². The number of rotatable bonds is 4. The molecule has 3 rings (SSSR count). The summed E-state index contributed by atoms with van der Waals surface area (Å²) in [7, 11) is 0. The van der Waals surface area contributed by atoms with Crippen molar-refractivity contribution in [2.24, 2.45) is 0 Å². The van der Waals surface area contributed by atoms with Gasteiger partial charge in [0, 0.05) is 17.3 Å². The van der Waals surface area contributed by atoms with Gasteiger partial charge in [0.1, 0.15) is 5.75 Å². The van der Waals surface area contributed by atoms with Crippen molar-refractivity contribution >= 4 is 5.69 Å². The first-order valence-electron chi connectivity index (χ1n) is 6.64. The number of phenolic OH excluding ortho intramolecular Hbond substituents is 1. The first-order valence-corrected chi connectivity index (χ1v) is 6.64. The SMILES string of the molecule is CC(Nc1ccc(-c2nnco2)cc1)c1cccc(O)c1. The van der Waals surface area contributed by atoms with Crippen LogP contribution in [0.2, 0.25) is 0 Å². The van der Waals surface area contributed by atoms with Gasteiger partial charge in [-0.15, -0.1) is 10.2 Å².